The van der Waals surface area contributed by atoms with Gasteiger partial charge in [0.05, 0.1) is 5.88 Å². The summed E-state index contributed by atoms with van der Waals surface area (Å²) in [5.41, 5.74) is 6.30. The molecule has 0 radical (unpaired) electrons. The Labute approximate surface area is 137 Å². The summed E-state index contributed by atoms with van der Waals surface area (Å²) in [6.45, 7) is 0.136. The molecule has 3 rings (SSSR count). The van der Waals surface area contributed by atoms with Gasteiger partial charge < -0.3 is 15.7 Å². The predicted molar refractivity (Wildman–Crippen MR) is 81.6 cm³/mol. The Balaban J connectivity index is 1.85. The van der Waals surface area contributed by atoms with Crippen LogP contribution in [0.2, 0.25) is 0 Å². The maximum atomic E-state index is 11.8. The number of aliphatic carboxylic acids is 1. The zero-order valence-corrected chi connectivity index (χ0v) is 13.8. The molecule has 2 aliphatic heterocycles. The van der Waals surface area contributed by atoms with Crippen molar-refractivity contribution in [3.63, 3.8) is 0 Å². The molecule has 0 aliphatic carbocycles. The van der Waals surface area contributed by atoms with Gasteiger partial charge in [0.1, 0.15) is 26.1 Å². The Morgan fingerprint density at radius 2 is 2.43 bits per heavy atom. The summed E-state index contributed by atoms with van der Waals surface area (Å²) in [5.74, 6) is -0.605. The third-order valence-electron chi connectivity index (χ3n) is 3.42. The second-order valence-corrected chi connectivity index (χ2v) is 8.51. The summed E-state index contributed by atoms with van der Waals surface area (Å²) in [5, 5.41) is 13.4. The smallest absolute Gasteiger partial charge is 0.322 e. The number of aromatic nitrogens is 2. The number of rotatable bonds is 4. The van der Waals surface area contributed by atoms with Crippen molar-refractivity contribution in [3.05, 3.63) is 5.69 Å². The van der Waals surface area contributed by atoms with E-state index in [2.05, 4.69) is 9.59 Å². The number of alkyl halides is 1. The molecular formula is C10H11ClN4O3S3. The molecule has 3 N–H and O–H groups in total. The van der Waals surface area contributed by atoms with Gasteiger partial charge in [-0.1, -0.05) is 16.3 Å². The summed E-state index contributed by atoms with van der Waals surface area (Å²) in [4.78, 5) is 25.1. The number of thioether (sulfide) groups is 2. The third kappa shape index (κ3) is 2.42. The van der Waals surface area contributed by atoms with Crippen LogP contribution in [-0.4, -0.2) is 59.9 Å². The van der Waals surface area contributed by atoms with Gasteiger partial charge in [-0.05, 0) is 11.5 Å². The van der Waals surface area contributed by atoms with Crippen molar-refractivity contribution in [1.82, 2.24) is 14.5 Å². The summed E-state index contributed by atoms with van der Waals surface area (Å²) >= 11 is 9.48. The monoisotopic (exact) mass is 366 g/mol. The van der Waals surface area contributed by atoms with Crippen LogP contribution < -0.4 is 5.73 Å². The zero-order valence-electron chi connectivity index (χ0n) is 10.6. The number of carbonyl (C=O) groups excluding carboxylic acids is 1. The molecule has 1 aromatic heterocycles. The molecule has 7 nitrogen and oxygen atoms in total. The molecule has 3 heterocycles. The summed E-state index contributed by atoms with van der Waals surface area (Å²) < 4.78 is 3.37. The van der Waals surface area contributed by atoms with Crippen molar-refractivity contribution >= 4 is 58.5 Å². The van der Waals surface area contributed by atoms with Crippen LogP contribution >= 0.6 is 46.7 Å². The van der Waals surface area contributed by atoms with E-state index < -0.39 is 16.8 Å². The summed E-state index contributed by atoms with van der Waals surface area (Å²) in [6, 6.07) is -0.518. The number of hydrogen-bond donors (Lipinski definition) is 2. The molecule has 2 saturated heterocycles. The van der Waals surface area contributed by atoms with Gasteiger partial charge in [0.15, 0.2) is 0 Å². The molecular weight excluding hydrogens is 356 g/mol. The quantitative estimate of drug-likeness (QED) is 0.583. The Kier molecular flexibility index (Phi) is 4.08. The number of nitrogens with zero attached hydrogens (tertiary/aromatic N) is 3. The number of hydrogen-bond acceptors (Lipinski definition) is 8. The SMILES string of the molecule is N[C@@H]1C(=O)N2CC(Sc3snnc3CCl)(C(=O)O)CS[C@H]12. The van der Waals surface area contributed by atoms with Gasteiger partial charge in [0.2, 0.25) is 5.91 Å². The van der Waals surface area contributed by atoms with E-state index in [0.29, 0.717) is 15.7 Å². The molecule has 1 aromatic rings. The summed E-state index contributed by atoms with van der Waals surface area (Å²) in [7, 11) is 0. The van der Waals surface area contributed by atoms with E-state index in [4.69, 9.17) is 17.3 Å². The van der Waals surface area contributed by atoms with Crippen LogP contribution in [0.15, 0.2) is 4.21 Å². The standard InChI is InChI=1S/C10H11ClN4O3S3/c11-1-4-8(21-14-13-4)20-10(9(17)18)2-15-6(16)5(12)7(15)19-3-10/h5,7H,1-3,12H2,(H,17,18)/t5-,7-,10?/m1/s1. The molecule has 0 bridgehead atoms. The highest BCUT2D eigenvalue weighted by atomic mass is 35.5. The van der Waals surface area contributed by atoms with Crippen LogP contribution in [0.4, 0.5) is 0 Å². The first-order valence-electron chi connectivity index (χ1n) is 5.96. The minimum atomic E-state index is -1.12. The van der Waals surface area contributed by atoms with Crippen molar-refractivity contribution < 1.29 is 14.7 Å². The number of nitrogens with two attached hydrogens (primary N) is 1. The molecule has 114 valence electrons. The van der Waals surface area contributed by atoms with Crippen molar-refractivity contribution in [3.8, 4) is 0 Å². The summed E-state index contributed by atoms with van der Waals surface area (Å²) in [6.07, 6.45) is 0. The van der Waals surface area contributed by atoms with E-state index in [1.165, 1.54) is 28.4 Å². The first-order chi connectivity index (χ1) is 9.98. The number of carboxylic acid groups (broad SMARTS) is 1. The average Bonchev–Trinajstić information content (AvgIpc) is 2.93. The largest absolute Gasteiger partial charge is 0.480 e. The lowest BCUT2D eigenvalue weighted by atomic mass is 10.0. The van der Waals surface area contributed by atoms with Gasteiger partial charge in [0.25, 0.3) is 0 Å². The van der Waals surface area contributed by atoms with Crippen LogP contribution in [0.25, 0.3) is 0 Å². The molecule has 2 aliphatic rings. The van der Waals surface area contributed by atoms with Crippen LogP contribution in [0.3, 0.4) is 0 Å². The number of fused-ring (bicyclic) bond motifs is 1. The number of carbonyl (C=O) groups is 2. The van der Waals surface area contributed by atoms with E-state index in [0.717, 1.165) is 11.5 Å². The van der Waals surface area contributed by atoms with Crippen LogP contribution in [0, 0.1) is 0 Å². The van der Waals surface area contributed by atoms with E-state index in [-0.39, 0.29) is 23.7 Å². The molecule has 0 spiro atoms. The van der Waals surface area contributed by atoms with Crippen molar-refractivity contribution in [2.45, 2.75) is 26.3 Å². The highest BCUT2D eigenvalue weighted by molar-refractivity contribution is 8.06. The molecule has 1 unspecified atom stereocenters. The number of β-lactam (4-membered cyclic amide) rings is 1. The fourth-order valence-corrected chi connectivity index (χ4v) is 6.38. The molecule has 2 fully saturated rings. The fourth-order valence-electron chi connectivity index (χ4n) is 2.22. The van der Waals surface area contributed by atoms with Gasteiger partial charge in [-0.2, -0.15) is 0 Å². The van der Waals surface area contributed by atoms with Crippen LogP contribution in [0.1, 0.15) is 5.69 Å². The Morgan fingerprint density at radius 3 is 3.10 bits per heavy atom. The van der Waals surface area contributed by atoms with Crippen LogP contribution in [-0.2, 0) is 15.5 Å². The fraction of sp³-hybridized carbons (Fsp3) is 0.600. The van der Waals surface area contributed by atoms with Crippen molar-refractivity contribution in [2.24, 2.45) is 5.73 Å². The molecule has 0 saturated carbocycles. The van der Waals surface area contributed by atoms with Gasteiger partial charge in [-0.15, -0.1) is 28.5 Å². The van der Waals surface area contributed by atoms with Gasteiger partial charge in [0, 0.05) is 12.3 Å². The van der Waals surface area contributed by atoms with E-state index >= 15 is 0 Å². The molecule has 3 atom stereocenters. The van der Waals surface area contributed by atoms with E-state index in [9.17, 15) is 14.7 Å². The third-order valence-corrected chi connectivity index (χ3v) is 7.70. The van der Waals surface area contributed by atoms with E-state index in [1.54, 1.807) is 0 Å². The minimum Gasteiger partial charge on any atom is -0.480 e. The highest BCUT2D eigenvalue weighted by Gasteiger charge is 2.56. The zero-order chi connectivity index (χ0) is 15.2. The van der Waals surface area contributed by atoms with E-state index in [1.807, 2.05) is 0 Å². The first kappa shape index (κ1) is 15.3. The molecule has 1 amide bonds. The Hall–Kier alpha value is -0.550. The predicted octanol–water partition coefficient (Wildman–Crippen LogP) is 0.435. The van der Waals surface area contributed by atoms with Crippen LogP contribution in [0.5, 0.6) is 0 Å². The molecule has 21 heavy (non-hydrogen) atoms. The maximum Gasteiger partial charge on any atom is 0.322 e. The minimum absolute atomic E-state index is 0.113. The molecule has 11 heteroatoms. The Bertz CT molecular complexity index is 600. The second kappa shape index (κ2) is 5.58. The lowest BCUT2D eigenvalue weighted by Crippen LogP contribution is -2.73. The Morgan fingerprint density at radius 1 is 1.67 bits per heavy atom. The van der Waals surface area contributed by atoms with Gasteiger partial charge >= 0.3 is 5.97 Å². The van der Waals surface area contributed by atoms with Crippen molar-refractivity contribution in [2.75, 3.05) is 12.3 Å². The normalized spacial score (nSPS) is 31.7. The lowest BCUT2D eigenvalue weighted by Gasteiger charge is -2.52. The highest BCUT2D eigenvalue weighted by Crippen LogP contribution is 2.47. The maximum absolute atomic E-state index is 11.8. The lowest BCUT2D eigenvalue weighted by molar-refractivity contribution is -0.148. The number of amides is 1. The van der Waals surface area contributed by atoms with Gasteiger partial charge in [-0.25, -0.2) is 0 Å². The van der Waals surface area contributed by atoms with Crippen molar-refractivity contribution in [1.29, 1.82) is 0 Å². The second-order valence-electron chi connectivity index (χ2n) is 4.74. The number of halogens is 1. The topological polar surface area (TPSA) is 109 Å². The van der Waals surface area contributed by atoms with Gasteiger partial charge in [-0.3, -0.25) is 9.59 Å². The number of carboxylic acids is 1. The average molecular weight is 367 g/mol. The first-order valence-corrected chi connectivity index (χ1v) is 9.13. The molecule has 0 aromatic carbocycles.